The summed E-state index contributed by atoms with van der Waals surface area (Å²) < 4.78 is 34.3. The number of fused-ring (bicyclic) bond motifs is 1. The molecule has 71 heavy (non-hydrogen) atoms. The molecule has 2 aliphatic rings. The number of thiophene rings is 1. The number of benzene rings is 3. The topological polar surface area (TPSA) is 180 Å². The number of terminal acetylenes is 1. The van der Waals surface area contributed by atoms with Gasteiger partial charge >= 0.3 is 0 Å². The van der Waals surface area contributed by atoms with E-state index >= 15 is 0 Å². The van der Waals surface area contributed by atoms with E-state index in [1.54, 1.807) is 35.5 Å². The van der Waals surface area contributed by atoms with Crippen LogP contribution in [0.15, 0.2) is 94.0 Å². The Morgan fingerprint density at radius 1 is 0.986 bits per heavy atom. The molecule has 2 amide bonds. The van der Waals surface area contributed by atoms with Crippen molar-refractivity contribution in [2.75, 3.05) is 58.6 Å². The number of amides is 2. The molecule has 2 N–H and O–H groups in total. The second-order valence-corrected chi connectivity index (χ2v) is 18.6. The summed E-state index contributed by atoms with van der Waals surface area (Å²) in [6, 6.07) is 22.3. The van der Waals surface area contributed by atoms with E-state index in [1.165, 1.54) is 16.8 Å². The number of aliphatic hydroxyl groups is 1. The summed E-state index contributed by atoms with van der Waals surface area (Å²) in [5.74, 6) is 14.4. The Kier molecular flexibility index (Phi) is 16.1. The summed E-state index contributed by atoms with van der Waals surface area (Å²) in [6.45, 7) is 9.15. The fraction of sp³-hybridized carbons (Fsp3) is 0.345. The van der Waals surface area contributed by atoms with Crippen LogP contribution in [0.2, 0.25) is 0 Å². The van der Waals surface area contributed by atoms with E-state index in [2.05, 4.69) is 73.4 Å². The van der Waals surface area contributed by atoms with Gasteiger partial charge in [0.05, 0.1) is 36.3 Å². The minimum Gasteiger partial charge on any atom is -0.487 e. The largest absolute Gasteiger partial charge is 0.487 e. The number of aromatic nitrogens is 3. The Balaban J connectivity index is 0.818. The van der Waals surface area contributed by atoms with Crippen molar-refractivity contribution in [2.24, 2.45) is 10.9 Å². The second-order valence-electron chi connectivity index (χ2n) is 17.6. The van der Waals surface area contributed by atoms with E-state index in [0.29, 0.717) is 53.9 Å². The predicted octanol–water partition coefficient (Wildman–Crippen LogP) is 7.92. The highest BCUT2D eigenvalue weighted by atomic mass is 32.1. The van der Waals surface area contributed by atoms with Crippen LogP contribution in [0.5, 0.6) is 17.4 Å². The van der Waals surface area contributed by atoms with E-state index < -0.39 is 23.5 Å². The first kappa shape index (κ1) is 49.9. The van der Waals surface area contributed by atoms with Gasteiger partial charge in [-0.3, -0.25) is 9.59 Å². The van der Waals surface area contributed by atoms with Gasteiger partial charge in [-0.25, -0.2) is 15.0 Å². The molecule has 6 aromatic rings. The van der Waals surface area contributed by atoms with Crippen molar-refractivity contribution >= 4 is 51.3 Å². The summed E-state index contributed by atoms with van der Waals surface area (Å²) in [7, 11) is 1.60. The van der Waals surface area contributed by atoms with Crippen LogP contribution in [-0.4, -0.2) is 108 Å². The highest BCUT2D eigenvalue weighted by molar-refractivity contribution is 7.13. The van der Waals surface area contributed by atoms with Crippen LogP contribution < -0.4 is 19.5 Å². The molecule has 0 aliphatic carbocycles. The van der Waals surface area contributed by atoms with Gasteiger partial charge in [0.15, 0.2) is 23.9 Å². The SMILES string of the molecule is C#Cc1cccc(Nc2ncnc3cc(OCCOC)c(OCCOCC#CC#CCOc4cc(C(C(=O)N5CC(O)CC5C5=NC(=O)C(C)(c6ccc(-c7sccc7C)cc6)C5)C(C)C)on4)cc23)c1. The molecule has 0 spiro atoms. The quantitative estimate of drug-likeness (QED) is 0.0591. The zero-order valence-electron chi connectivity index (χ0n) is 40.2. The van der Waals surface area contributed by atoms with Gasteiger partial charge in [0, 0.05) is 65.9 Å². The predicted molar refractivity (Wildman–Crippen MR) is 271 cm³/mol. The lowest BCUT2D eigenvalue weighted by molar-refractivity contribution is -0.134. The number of aliphatic imine (C=N–C) groups is 1. The molecule has 0 radical (unpaired) electrons. The molecule has 4 unspecified atom stereocenters. The third kappa shape index (κ3) is 11.7. The monoisotopic (exact) mass is 974 g/mol. The van der Waals surface area contributed by atoms with E-state index in [4.69, 9.17) is 34.6 Å². The number of β-amino-alcohol motifs (C(OH)–C–C–N with tert-alkyl or cyclic N) is 1. The highest BCUT2D eigenvalue weighted by Gasteiger charge is 2.48. The summed E-state index contributed by atoms with van der Waals surface area (Å²) >= 11 is 1.68. The van der Waals surface area contributed by atoms with Crippen LogP contribution in [0.4, 0.5) is 11.5 Å². The third-order valence-electron chi connectivity index (χ3n) is 12.3. The first-order valence-electron chi connectivity index (χ1n) is 23.2. The molecule has 1 fully saturated rings. The van der Waals surface area contributed by atoms with Crippen LogP contribution in [0.1, 0.15) is 62.0 Å². The number of carbonyl (C=O) groups excluding carboxylic acids is 2. The third-order valence-corrected chi connectivity index (χ3v) is 13.4. The number of ether oxygens (including phenoxy) is 5. The summed E-state index contributed by atoms with van der Waals surface area (Å²) in [5, 5.41) is 21.0. The van der Waals surface area contributed by atoms with E-state index in [1.807, 2.05) is 75.4 Å². The normalized spacial score (nSPS) is 17.7. The molecule has 0 bridgehead atoms. The molecule has 16 heteroatoms. The molecule has 4 atom stereocenters. The molecule has 15 nitrogen and oxygen atoms in total. The number of carbonyl (C=O) groups is 2. The molecule has 364 valence electrons. The lowest BCUT2D eigenvalue weighted by Crippen LogP contribution is -2.44. The smallest absolute Gasteiger partial charge is 0.256 e. The van der Waals surface area contributed by atoms with Gasteiger partial charge in [0.1, 0.15) is 37.9 Å². The van der Waals surface area contributed by atoms with Gasteiger partial charge in [-0.2, -0.15) is 0 Å². The Morgan fingerprint density at radius 2 is 1.76 bits per heavy atom. The van der Waals surface area contributed by atoms with Crippen molar-refractivity contribution in [3.8, 4) is 63.8 Å². The molecule has 0 saturated carbocycles. The maximum absolute atomic E-state index is 14.4. The van der Waals surface area contributed by atoms with Crippen molar-refractivity contribution in [3.05, 3.63) is 107 Å². The van der Waals surface area contributed by atoms with Crippen LogP contribution >= 0.6 is 11.3 Å². The first-order valence-corrected chi connectivity index (χ1v) is 24.1. The second kappa shape index (κ2) is 22.9. The fourth-order valence-corrected chi connectivity index (χ4v) is 9.57. The van der Waals surface area contributed by atoms with Crippen molar-refractivity contribution < 1.29 is 42.9 Å². The number of anilines is 2. The summed E-state index contributed by atoms with van der Waals surface area (Å²) in [4.78, 5) is 44.2. The number of rotatable bonds is 19. The molecular weight excluding hydrogens is 921 g/mol. The van der Waals surface area contributed by atoms with Crippen molar-refractivity contribution in [1.29, 1.82) is 0 Å². The number of likely N-dealkylation sites (tertiary alicyclic amines) is 1. The van der Waals surface area contributed by atoms with E-state index in [-0.39, 0.29) is 63.0 Å². The maximum Gasteiger partial charge on any atom is 0.256 e. The number of nitrogens with zero attached hydrogens (tertiary/aromatic N) is 5. The molecule has 1 saturated heterocycles. The minimum atomic E-state index is -0.890. The number of aliphatic hydroxyl groups excluding tert-OH is 1. The van der Waals surface area contributed by atoms with Crippen molar-refractivity contribution in [1.82, 2.24) is 20.0 Å². The van der Waals surface area contributed by atoms with Gasteiger partial charge in [0.2, 0.25) is 5.91 Å². The average molecular weight is 975 g/mol. The Labute approximate surface area is 416 Å². The van der Waals surface area contributed by atoms with E-state index in [0.717, 1.165) is 27.8 Å². The molecule has 5 heterocycles. The number of hydrogen-bond acceptors (Lipinski definition) is 14. The van der Waals surface area contributed by atoms with Crippen LogP contribution in [-0.2, 0) is 24.5 Å². The van der Waals surface area contributed by atoms with Gasteiger partial charge in [0.25, 0.3) is 11.8 Å². The average Bonchev–Trinajstić information content (AvgIpc) is 4.18. The Morgan fingerprint density at radius 3 is 2.51 bits per heavy atom. The number of nitrogens with one attached hydrogen (secondary N) is 1. The van der Waals surface area contributed by atoms with Gasteiger partial charge < -0.3 is 43.5 Å². The molecule has 3 aromatic heterocycles. The zero-order chi connectivity index (χ0) is 49.9. The number of aryl methyl sites for hydroxylation is 1. The standard InChI is InChI=1S/C55H54N6O9S/c1-7-37-13-12-14-40(27-37)58-52-42-29-46(47(67-24-22-65-6)30-43(42)56-34-57-52)68-25-23-66-20-10-8-9-11-21-69-49-31-48(70-60-49)50(35(2)3)53(63)61-33-41(62)28-45(61)44-32-55(5,54(64)59-44)39-17-15-38(16-18-39)51-36(4)19-26-71-51/h1,12-19,26-27,29-31,34-35,41,45,50,62H,20-25,28,32-33H2,2-6H3,(H,56,57,58). The van der Waals surface area contributed by atoms with Crippen LogP contribution in [0, 0.1) is 48.9 Å². The van der Waals surface area contributed by atoms with Crippen LogP contribution in [0.3, 0.4) is 0 Å². The maximum atomic E-state index is 14.4. The molecule has 3 aromatic carbocycles. The van der Waals surface area contributed by atoms with Crippen molar-refractivity contribution in [2.45, 2.75) is 64.0 Å². The minimum absolute atomic E-state index is 0.0286. The van der Waals surface area contributed by atoms with Gasteiger partial charge in [-0.1, -0.05) is 56.0 Å². The molecule has 2 aliphatic heterocycles. The first-order chi connectivity index (χ1) is 34.4. The molecular formula is C55H54N6O9S. The highest BCUT2D eigenvalue weighted by Crippen LogP contribution is 2.41. The van der Waals surface area contributed by atoms with E-state index in [9.17, 15) is 14.7 Å². The van der Waals surface area contributed by atoms with Gasteiger partial charge in [-0.05, 0) is 95.1 Å². The van der Waals surface area contributed by atoms with Crippen LogP contribution in [0.25, 0.3) is 21.3 Å². The Hall–Kier alpha value is -7.52. The summed E-state index contributed by atoms with van der Waals surface area (Å²) in [6.07, 6.45) is 6.92. The lowest BCUT2D eigenvalue weighted by atomic mass is 9.78. The number of methoxy groups -OCH3 is 1. The number of hydrogen-bond donors (Lipinski definition) is 2. The fourth-order valence-electron chi connectivity index (χ4n) is 8.63. The van der Waals surface area contributed by atoms with Crippen molar-refractivity contribution in [3.63, 3.8) is 0 Å². The molecule has 8 rings (SSSR count). The lowest BCUT2D eigenvalue weighted by Gasteiger charge is -2.30. The Bertz CT molecular complexity index is 3080. The summed E-state index contributed by atoms with van der Waals surface area (Å²) in [5.41, 5.74) is 5.03. The van der Waals surface area contributed by atoms with Gasteiger partial charge in [-0.15, -0.1) is 17.8 Å². The zero-order valence-corrected chi connectivity index (χ0v) is 41.0.